The first-order valence-electron chi connectivity index (χ1n) is 5.77. The number of carbonyl (C=O) groups excluding carboxylic acids is 1. The Bertz CT molecular complexity index is 616. The lowest BCUT2D eigenvalue weighted by Crippen LogP contribution is -1.95. The summed E-state index contributed by atoms with van der Waals surface area (Å²) in [5.74, 6) is 1.98. The van der Waals surface area contributed by atoms with Crippen molar-refractivity contribution in [3.05, 3.63) is 29.7 Å². The van der Waals surface area contributed by atoms with Crippen molar-refractivity contribution < 1.29 is 18.7 Å². The molecule has 2 aromatic rings. The third-order valence-electron chi connectivity index (χ3n) is 2.77. The Hall–Kier alpha value is -2.30. The Morgan fingerprint density at radius 2 is 2.00 bits per heavy atom. The molecule has 1 aromatic carbocycles. The van der Waals surface area contributed by atoms with Crippen LogP contribution >= 0.6 is 0 Å². The Labute approximate surface area is 111 Å². The van der Waals surface area contributed by atoms with E-state index in [1.165, 1.54) is 6.92 Å². The summed E-state index contributed by atoms with van der Waals surface area (Å²) in [4.78, 5) is 15.6. The topological polar surface area (TPSA) is 61.6 Å². The van der Waals surface area contributed by atoms with Gasteiger partial charge in [-0.1, -0.05) is 0 Å². The first kappa shape index (κ1) is 13.1. The maximum atomic E-state index is 11.4. The molecule has 5 nitrogen and oxygen atoms in total. The Morgan fingerprint density at radius 3 is 2.53 bits per heavy atom. The first-order valence-corrected chi connectivity index (χ1v) is 5.77. The highest BCUT2D eigenvalue weighted by Crippen LogP contribution is 2.33. The third kappa shape index (κ3) is 2.45. The summed E-state index contributed by atoms with van der Waals surface area (Å²) in [6, 6.07) is 5.30. The summed E-state index contributed by atoms with van der Waals surface area (Å²) in [7, 11) is 3.14. The third-order valence-corrected chi connectivity index (χ3v) is 2.77. The summed E-state index contributed by atoms with van der Waals surface area (Å²) in [6.07, 6.45) is 0. The van der Waals surface area contributed by atoms with Gasteiger partial charge in [0.05, 0.1) is 19.8 Å². The minimum absolute atomic E-state index is 0.130. The summed E-state index contributed by atoms with van der Waals surface area (Å²) < 4.78 is 16.0. The van der Waals surface area contributed by atoms with Crippen molar-refractivity contribution in [2.75, 3.05) is 14.2 Å². The number of nitrogens with zero attached hydrogens (tertiary/aromatic N) is 1. The van der Waals surface area contributed by atoms with E-state index >= 15 is 0 Å². The average Bonchev–Trinajstić information content (AvgIpc) is 2.80. The van der Waals surface area contributed by atoms with Gasteiger partial charge in [0.1, 0.15) is 23.0 Å². The van der Waals surface area contributed by atoms with E-state index in [2.05, 4.69) is 4.98 Å². The van der Waals surface area contributed by atoms with E-state index in [-0.39, 0.29) is 5.78 Å². The number of methoxy groups -OCH3 is 2. The van der Waals surface area contributed by atoms with Gasteiger partial charge in [-0.3, -0.25) is 4.79 Å². The number of aromatic nitrogens is 1. The SMILES string of the molecule is COc1ccc(OC)c(-c2nc(C(C)=O)c(C)o2)c1. The van der Waals surface area contributed by atoms with Crippen LogP contribution in [0.5, 0.6) is 11.5 Å². The Morgan fingerprint density at radius 1 is 1.26 bits per heavy atom. The van der Waals surface area contributed by atoms with E-state index in [4.69, 9.17) is 13.9 Å². The maximum Gasteiger partial charge on any atom is 0.230 e. The van der Waals surface area contributed by atoms with Crippen LogP contribution in [0.1, 0.15) is 23.2 Å². The number of hydrogen-bond donors (Lipinski definition) is 0. The monoisotopic (exact) mass is 261 g/mol. The van der Waals surface area contributed by atoms with Gasteiger partial charge >= 0.3 is 0 Å². The maximum absolute atomic E-state index is 11.4. The zero-order valence-electron chi connectivity index (χ0n) is 11.3. The molecule has 1 aromatic heterocycles. The van der Waals surface area contributed by atoms with Crippen molar-refractivity contribution in [2.24, 2.45) is 0 Å². The lowest BCUT2D eigenvalue weighted by Gasteiger charge is -2.07. The second-order valence-electron chi connectivity index (χ2n) is 4.05. The van der Waals surface area contributed by atoms with Crippen molar-refractivity contribution in [1.82, 2.24) is 4.98 Å². The molecule has 0 amide bonds. The van der Waals surface area contributed by atoms with Gasteiger partial charge in [-0.05, 0) is 25.1 Å². The normalized spacial score (nSPS) is 10.3. The molecule has 0 saturated carbocycles. The van der Waals surface area contributed by atoms with Gasteiger partial charge in [-0.15, -0.1) is 0 Å². The van der Waals surface area contributed by atoms with Crippen molar-refractivity contribution in [3.8, 4) is 23.0 Å². The van der Waals surface area contributed by atoms with Crippen LogP contribution in [0.15, 0.2) is 22.6 Å². The quantitative estimate of drug-likeness (QED) is 0.792. The molecule has 100 valence electrons. The summed E-state index contributed by atoms with van der Waals surface area (Å²) in [5.41, 5.74) is 0.984. The largest absolute Gasteiger partial charge is 0.497 e. The van der Waals surface area contributed by atoms with Crippen LogP contribution in [0.25, 0.3) is 11.5 Å². The molecule has 0 aliphatic carbocycles. The molecule has 0 bridgehead atoms. The van der Waals surface area contributed by atoms with Crippen LogP contribution in [0.3, 0.4) is 0 Å². The number of Topliss-reactive ketones (excluding diaryl/α,β-unsaturated/α-hetero) is 1. The minimum atomic E-state index is -0.130. The van der Waals surface area contributed by atoms with Gasteiger partial charge in [0.25, 0.3) is 0 Å². The molecule has 19 heavy (non-hydrogen) atoms. The Kier molecular flexibility index (Phi) is 3.55. The number of carbonyl (C=O) groups is 1. The van der Waals surface area contributed by atoms with Crippen LogP contribution in [0.2, 0.25) is 0 Å². The number of ketones is 1. The van der Waals surface area contributed by atoms with E-state index in [0.29, 0.717) is 34.4 Å². The minimum Gasteiger partial charge on any atom is -0.497 e. The van der Waals surface area contributed by atoms with E-state index in [1.54, 1.807) is 39.3 Å². The molecular weight excluding hydrogens is 246 g/mol. The smallest absolute Gasteiger partial charge is 0.230 e. The lowest BCUT2D eigenvalue weighted by molar-refractivity contribution is 0.101. The van der Waals surface area contributed by atoms with Gasteiger partial charge < -0.3 is 13.9 Å². The molecule has 0 saturated heterocycles. The number of benzene rings is 1. The fourth-order valence-electron chi connectivity index (χ4n) is 1.82. The fourth-order valence-corrected chi connectivity index (χ4v) is 1.82. The first-order chi connectivity index (χ1) is 9.06. The standard InChI is InChI=1S/C14H15NO4/c1-8(16)13-9(2)19-14(15-13)11-7-10(17-3)5-6-12(11)18-4/h5-7H,1-4H3. The summed E-state index contributed by atoms with van der Waals surface area (Å²) in [6.45, 7) is 3.16. The van der Waals surface area contributed by atoms with Crippen LogP contribution < -0.4 is 9.47 Å². The number of aryl methyl sites for hydroxylation is 1. The van der Waals surface area contributed by atoms with Gasteiger partial charge in [-0.2, -0.15) is 0 Å². The average molecular weight is 261 g/mol. The van der Waals surface area contributed by atoms with E-state index in [9.17, 15) is 4.79 Å². The van der Waals surface area contributed by atoms with Crippen LogP contribution in [0.4, 0.5) is 0 Å². The molecule has 2 rings (SSSR count). The molecule has 1 heterocycles. The van der Waals surface area contributed by atoms with E-state index in [0.717, 1.165) is 0 Å². The highest BCUT2D eigenvalue weighted by atomic mass is 16.5. The molecule has 0 fully saturated rings. The number of hydrogen-bond acceptors (Lipinski definition) is 5. The number of rotatable bonds is 4. The molecule has 0 aliphatic rings. The van der Waals surface area contributed by atoms with Crippen molar-refractivity contribution >= 4 is 5.78 Å². The van der Waals surface area contributed by atoms with Crippen LogP contribution in [-0.4, -0.2) is 25.0 Å². The molecule has 0 spiro atoms. The molecule has 0 radical (unpaired) electrons. The molecule has 0 N–H and O–H groups in total. The second-order valence-corrected chi connectivity index (χ2v) is 4.05. The van der Waals surface area contributed by atoms with Gasteiger partial charge in [0.15, 0.2) is 5.78 Å². The zero-order valence-corrected chi connectivity index (χ0v) is 11.3. The molecule has 0 unspecified atom stereocenters. The van der Waals surface area contributed by atoms with Crippen molar-refractivity contribution in [1.29, 1.82) is 0 Å². The van der Waals surface area contributed by atoms with Crippen molar-refractivity contribution in [2.45, 2.75) is 13.8 Å². The highest BCUT2D eigenvalue weighted by molar-refractivity contribution is 5.93. The zero-order chi connectivity index (χ0) is 14.0. The van der Waals surface area contributed by atoms with Crippen molar-refractivity contribution in [3.63, 3.8) is 0 Å². The van der Waals surface area contributed by atoms with Crippen LogP contribution in [0, 0.1) is 6.92 Å². The van der Waals surface area contributed by atoms with Gasteiger partial charge in [0.2, 0.25) is 5.89 Å². The summed E-state index contributed by atoms with van der Waals surface area (Å²) >= 11 is 0. The van der Waals surface area contributed by atoms with Gasteiger partial charge in [0, 0.05) is 6.92 Å². The predicted octanol–water partition coefficient (Wildman–Crippen LogP) is 2.87. The lowest BCUT2D eigenvalue weighted by atomic mass is 10.2. The molecule has 0 atom stereocenters. The summed E-state index contributed by atoms with van der Waals surface area (Å²) in [5, 5.41) is 0. The highest BCUT2D eigenvalue weighted by Gasteiger charge is 2.18. The van der Waals surface area contributed by atoms with E-state index < -0.39 is 0 Å². The Balaban J connectivity index is 2.57. The molecule has 0 aliphatic heterocycles. The number of ether oxygens (including phenoxy) is 2. The fraction of sp³-hybridized carbons (Fsp3) is 0.286. The van der Waals surface area contributed by atoms with Crippen LogP contribution in [-0.2, 0) is 0 Å². The molecular formula is C14H15NO4. The molecule has 5 heteroatoms. The predicted molar refractivity (Wildman–Crippen MR) is 69.8 cm³/mol. The second kappa shape index (κ2) is 5.14. The van der Waals surface area contributed by atoms with Gasteiger partial charge in [-0.25, -0.2) is 4.98 Å². The number of oxazole rings is 1. The van der Waals surface area contributed by atoms with E-state index in [1.807, 2.05) is 0 Å².